The number of hydrogen-bond acceptors (Lipinski definition) is 7. The van der Waals surface area contributed by atoms with Crippen molar-refractivity contribution < 1.29 is 14.1 Å². The lowest BCUT2D eigenvalue weighted by molar-refractivity contribution is 0.0285. The molecule has 2 aromatic rings. The summed E-state index contributed by atoms with van der Waals surface area (Å²) in [4.78, 5) is 25.4. The van der Waals surface area contributed by atoms with Crippen LogP contribution in [0.25, 0.3) is 0 Å². The fourth-order valence-electron chi connectivity index (χ4n) is 2.87. The first kappa shape index (κ1) is 18.2. The summed E-state index contributed by atoms with van der Waals surface area (Å²) < 4.78 is 10.7. The van der Waals surface area contributed by atoms with Gasteiger partial charge in [-0.15, -0.1) is 0 Å². The van der Waals surface area contributed by atoms with E-state index in [4.69, 9.17) is 9.26 Å². The fraction of sp³-hybridized carbons (Fsp3) is 0.588. The van der Waals surface area contributed by atoms with E-state index < -0.39 is 5.54 Å². The van der Waals surface area contributed by atoms with Crippen LogP contribution in [0.2, 0.25) is 0 Å². The van der Waals surface area contributed by atoms with Gasteiger partial charge in [-0.05, 0) is 12.8 Å². The number of amides is 2. The Bertz CT molecular complexity index is 737. The smallest absolute Gasteiger partial charge is 0.320 e. The Balaban J connectivity index is 1.68. The average Bonchev–Trinajstić information content (AvgIpc) is 3.04. The maximum Gasteiger partial charge on any atom is 0.320 e. The predicted molar refractivity (Wildman–Crippen MR) is 93.5 cm³/mol. The minimum absolute atomic E-state index is 0.372. The summed E-state index contributed by atoms with van der Waals surface area (Å²) >= 11 is 0. The SMILES string of the molecule is Cc1noc(C2(NC(=O)Nc3cnc(CC(C)C)nc3)CCOCC2)n1. The monoisotopic (exact) mass is 360 g/mol. The first-order valence-electron chi connectivity index (χ1n) is 8.75. The first-order valence-corrected chi connectivity index (χ1v) is 8.75. The standard InChI is InChI=1S/C17H24N6O3/c1-11(2)8-14-18-9-13(10-19-14)21-16(24)22-17(4-6-25-7-5-17)15-20-12(3)23-26-15/h9-11H,4-8H2,1-3H3,(H2,21,22,24). The fourth-order valence-corrected chi connectivity index (χ4v) is 2.87. The Morgan fingerprint density at radius 1 is 1.27 bits per heavy atom. The molecule has 0 unspecified atom stereocenters. The molecule has 1 fully saturated rings. The quantitative estimate of drug-likeness (QED) is 0.840. The largest absolute Gasteiger partial charge is 0.381 e. The molecule has 1 saturated heterocycles. The molecule has 0 aliphatic carbocycles. The average molecular weight is 360 g/mol. The van der Waals surface area contributed by atoms with E-state index in [0.717, 1.165) is 12.2 Å². The Morgan fingerprint density at radius 3 is 2.54 bits per heavy atom. The molecule has 0 aromatic carbocycles. The van der Waals surface area contributed by atoms with Crippen molar-refractivity contribution in [3.8, 4) is 0 Å². The van der Waals surface area contributed by atoms with Gasteiger partial charge >= 0.3 is 6.03 Å². The number of rotatable bonds is 5. The summed E-state index contributed by atoms with van der Waals surface area (Å²) in [5.41, 5.74) is -0.207. The molecule has 9 nitrogen and oxygen atoms in total. The van der Waals surface area contributed by atoms with Crippen LogP contribution in [0.4, 0.5) is 10.5 Å². The van der Waals surface area contributed by atoms with E-state index in [1.807, 2.05) is 0 Å². The molecule has 0 saturated carbocycles. The number of aromatic nitrogens is 4. The summed E-state index contributed by atoms with van der Waals surface area (Å²) in [5, 5.41) is 9.58. The second-order valence-electron chi connectivity index (χ2n) is 6.91. The topological polar surface area (TPSA) is 115 Å². The molecular weight excluding hydrogens is 336 g/mol. The molecule has 140 valence electrons. The van der Waals surface area contributed by atoms with Gasteiger partial charge in [0.2, 0.25) is 0 Å². The number of aryl methyl sites for hydroxylation is 1. The van der Waals surface area contributed by atoms with Crippen molar-refractivity contribution in [2.45, 2.75) is 45.6 Å². The normalized spacial score (nSPS) is 16.5. The van der Waals surface area contributed by atoms with Gasteiger partial charge in [-0.3, -0.25) is 0 Å². The van der Waals surface area contributed by atoms with Crippen LogP contribution in [0.15, 0.2) is 16.9 Å². The molecule has 0 spiro atoms. The molecule has 0 atom stereocenters. The zero-order chi connectivity index (χ0) is 18.6. The zero-order valence-electron chi connectivity index (χ0n) is 15.3. The lowest BCUT2D eigenvalue weighted by Gasteiger charge is -2.34. The number of hydrogen-bond donors (Lipinski definition) is 2. The summed E-state index contributed by atoms with van der Waals surface area (Å²) in [6, 6.07) is -0.372. The number of carbonyl (C=O) groups is 1. The second-order valence-corrected chi connectivity index (χ2v) is 6.91. The number of nitrogens with one attached hydrogen (secondary N) is 2. The highest BCUT2D eigenvalue weighted by Crippen LogP contribution is 2.31. The van der Waals surface area contributed by atoms with Crippen LogP contribution in [0, 0.1) is 12.8 Å². The molecule has 9 heteroatoms. The maximum atomic E-state index is 12.5. The van der Waals surface area contributed by atoms with E-state index in [9.17, 15) is 4.79 Å². The molecule has 2 aromatic heterocycles. The summed E-state index contributed by atoms with van der Waals surface area (Å²) in [6.45, 7) is 6.98. The highest BCUT2D eigenvalue weighted by atomic mass is 16.5. The molecule has 0 radical (unpaired) electrons. The van der Waals surface area contributed by atoms with Crippen molar-refractivity contribution in [2.75, 3.05) is 18.5 Å². The van der Waals surface area contributed by atoms with E-state index in [1.54, 1.807) is 19.3 Å². The van der Waals surface area contributed by atoms with Crippen molar-refractivity contribution in [1.82, 2.24) is 25.4 Å². The van der Waals surface area contributed by atoms with Crippen LogP contribution < -0.4 is 10.6 Å². The predicted octanol–water partition coefficient (Wildman–Crippen LogP) is 2.19. The lowest BCUT2D eigenvalue weighted by atomic mass is 9.90. The van der Waals surface area contributed by atoms with Gasteiger partial charge in [-0.2, -0.15) is 4.98 Å². The van der Waals surface area contributed by atoms with Crippen LogP contribution in [0.5, 0.6) is 0 Å². The van der Waals surface area contributed by atoms with Crippen molar-refractivity contribution >= 4 is 11.7 Å². The number of nitrogens with zero attached hydrogens (tertiary/aromatic N) is 4. The van der Waals surface area contributed by atoms with Crippen LogP contribution in [0.3, 0.4) is 0 Å². The van der Waals surface area contributed by atoms with Gasteiger partial charge in [0.05, 0.1) is 18.1 Å². The summed E-state index contributed by atoms with van der Waals surface area (Å²) in [7, 11) is 0. The molecule has 0 bridgehead atoms. The number of carbonyl (C=O) groups excluding carboxylic acids is 1. The Labute approximate surface area is 151 Å². The van der Waals surface area contributed by atoms with Gasteiger partial charge in [0, 0.05) is 32.5 Å². The molecule has 3 heterocycles. The lowest BCUT2D eigenvalue weighted by Crippen LogP contribution is -2.51. The third-order valence-electron chi connectivity index (χ3n) is 4.19. The molecule has 1 aliphatic heterocycles. The number of ether oxygens (including phenoxy) is 1. The summed E-state index contributed by atoms with van der Waals surface area (Å²) in [5.74, 6) is 2.16. The van der Waals surface area contributed by atoms with Gasteiger partial charge in [0.15, 0.2) is 5.82 Å². The molecule has 1 aliphatic rings. The zero-order valence-corrected chi connectivity index (χ0v) is 15.3. The van der Waals surface area contributed by atoms with Gasteiger partial charge in [-0.1, -0.05) is 19.0 Å². The molecule has 3 rings (SSSR count). The van der Waals surface area contributed by atoms with Gasteiger partial charge in [0.25, 0.3) is 5.89 Å². The Kier molecular flexibility index (Phi) is 5.46. The number of urea groups is 1. The van der Waals surface area contributed by atoms with E-state index in [2.05, 4.69) is 44.6 Å². The van der Waals surface area contributed by atoms with E-state index in [0.29, 0.717) is 49.4 Å². The van der Waals surface area contributed by atoms with Crippen molar-refractivity contribution in [3.05, 3.63) is 29.9 Å². The maximum absolute atomic E-state index is 12.5. The Hall–Kier alpha value is -2.55. The van der Waals surface area contributed by atoms with Crippen LogP contribution >= 0.6 is 0 Å². The van der Waals surface area contributed by atoms with Crippen LogP contribution in [-0.2, 0) is 16.7 Å². The molecule has 2 amide bonds. The van der Waals surface area contributed by atoms with Crippen molar-refractivity contribution in [2.24, 2.45) is 5.92 Å². The molecule has 26 heavy (non-hydrogen) atoms. The van der Waals surface area contributed by atoms with Crippen LogP contribution in [-0.4, -0.2) is 39.4 Å². The molecular formula is C17H24N6O3. The minimum atomic E-state index is -0.734. The highest BCUT2D eigenvalue weighted by molar-refractivity contribution is 5.89. The van der Waals surface area contributed by atoms with E-state index in [1.165, 1.54) is 0 Å². The third kappa shape index (κ3) is 4.34. The van der Waals surface area contributed by atoms with Crippen LogP contribution in [0.1, 0.15) is 44.2 Å². The minimum Gasteiger partial charge on any atom is -0.381 e. The third-order valence-corrected chi connectivity index (χ3v) is 4.19. The van der Waals surface area contributed by atoms with Crippen molar-refractivity contribution in [1.29, 1.82) is 0 Å². The second kappa shape index (κ2) is 7.77. The number of anilines is 1. The van der Waals surface area contributed by atoms with E-state index >= 15 is 0 Å². The summed E-state index contributed by atoms with van der Waals surface area (Å²) in [6.07, 6.45) is 5.14. The van der Waals surface area contributed by atoms with E-state index in [-0.39, 0.29) is 6.03 Å². The van der Waals surface area contributed by atoms with Gasteiger partial charge in [-0.25, -0.2) is 14.8 Å². The van der Waals surface area contributed by atoms with Crippen molar-refractivity contribution in [3.63, 3.8) is 0 Å². The molecule has 2 N–H and O–H groups in total. The van der Waals surface area contributed by atoms with Gasteiger partial charge in [0.1, 0.15) is 11.4 Å². The van der Waals surface area contributed by atoms with Gasteiger partial charge < -0.3 is 19.9 Å². The Morgan fingerprint density at radius 2 is 1.96 bits per heavy atom. The highest BCUT2D eigenvalue weighted by Gasteiger charge is 2.41. The first-order chi connectivity index (χ1) is 12.5.